The molecule has 2 aromatic carbocycles. The first-order chi connectivity index (χ1) is 20.8. The van der Waals surface area contributed by atoms with E-state index in [0.717, 1.165) is 35.1 Å². The van der Waals surface area contributed by atoms with Crippen molar-refractivity contribution < 1.29 is 60.3 Å². The van der Waals surface area contributed by atoms with Crippen LogP contribution in [0.1, 0.15) is 68.7 Å². The number of rotatable bonds is 3. The van der Waals surface area contributed by atoms with E-state index in [1.807, 2.05) is 62.9 Å². The van der Waals surface area contributed by atoms with E-state index in [9.17, 15) is 19.1 Å². The monoisotopic (exact) mass is 1010 g/mol. The molecule has 5 rings (SSSR count). The molecule has 2 unspecified atom stereocenters. The van der Waals surface area contributed by atoms with Crippen molar-refractivity contribution in [3.05, 3.63) is 69.8 Å². The molecular weight excluding hydrogens is 974 g/mol. The molecule has 0 aliphatic carbocycles. The molecule has 0 bridgehead atoms. The third kappa shape index (κ3) is 10.7. The molecule has 1 N–H and O–H groups in total. The smallest absolute Gasteiger partial charge is 0 e. The van der Waals surface area contributed by atoms with E-state index < -0.39 is 11.8 Å². The quantitative estimate of drug-likeness (QED) is 0.287. The van der Waals surface area contributed by atoms with Gasteiger partial charge in [0, 0.05) is 68.7 Å². The zero-order valence-electron chi connectivity index (χ0n) is 26.1. The average molecular weight is 1010 g/mol. The Morgan fingerprint density at radius 1 is 0.891 bits per heavy atom. The molecule has 3 saturated heterocycles. The van der Waals surface area contributed by atoms with E-state index in [2.05, 4.69) is 43.3 Å². The summed E-state index contributed by atoms with van der Waals surface area (Å²) in [4.78, 5) is 28.3. The topological polar surface area (TPSA) is 121 Å². The molecule has 1 radical (unpaired) electrons. The number of aliphatic hydroxyl groups is 1. The number of alkyl halides is 1. The zero-order valence-corrected chi connectivity index (χ0v) is 34.0. The molecule has 3 aliphatic rings. The summed E-state index contributed by atoms with van der Waals surface area (Å²) in [5, 5.41) is 26.9. The van der Waals surface area contributed by atoms with Crippen LogP contribution < -0.4 is 13.3 Å². The van der Waals surface area contributed by atoms with Crippen molar-refractivity contribution in [2.45, 2.75) is 76.9 Å². The predicted molar refractivity (Wildman–Crippen MR) is 181 cm³/mol. The number of hydrogen-bond acceptors (Lipinski definition) is 6. The van der Waals surface area contributed by atoms with Gasteiger partial charge in [-0.15, -0.1) is 0 Å². The van der Waals surface area contributed by atoms with Gasteiger partial charge in [0.2, 0.25) is 0 Å². The largest absolute Gasteiger partial charge is 0 e. The standard InChI is InChI=1S/C16H19FN2O2.C16H18N2O2.FH.I3.V/c1-11-3-4-13(9-12(11)2)15(21)19-7-5-16(17,6-8-19)14(20)10-18;1-11-3-4-13(9-12(11)2)15(19)18-7-5-16(6-8-18)14(10-17)20-16;;1-3-2;/h3-4,9,14,20H,5-8H2,1-2H3;3-4,9,14H,5-8H2,1-2H3;1H;;/q;;;-1;. The van der Waals surface area contributed by atoms with Gasteiger partial charge in [0.1, 0.15) is 5.60 Å². The van der Waals surface area contributed by atoms with Crippen molar-refractivity contribution in [3.8, 4) is 12.1 Å². The molecule has 3 heterocycles. The summed E-state index contributed by atoms with van der Waals surface area (Å²) >= 11 is 5.30. The minimum absolute atomic E-state index is 0. The molecule has 46 heavy (non-hydrogen) atoms. The number of carbonyl (C=O) groups is 2. The maximum absolute atomic E-state index is 14.3. The van der Waals surface area contributed by atoms with Crippen LogP contribution in [0.4, 0.5) is 9.09 Å². The van der Waals surface area contributed by atoms with Crippen LogP contribution in [0.2, 0.25) is 0 Å². The van der Waals surface area contributed by atoms with Gasteiger partial charge in [-0.2, -0.15) is 10.5 Å². The second kappa shape index (κ2) is 19.2. The SMILES string of the molecule is Cc1ccc(C(=O)N2CCC(F)(C(O)C#N)CC2)cc1C.Cc1ccc(C(=O)N2CCC3(CC2)OC3C#N)cc1C.F.I[I-]I.[V]. The Balaban J connectivity index is 0.000000408. The van der Waals surface area contributed by atoms with Crippen molar-refractivity contribution >= 4 is 49.0 Å². The predicted octanol–water partition coefficient (Wildman–Crippen LogP) is 3.26. The van der Waals surface area contributed by atoms with Crippen molar-refractivity contribution in [2.75, 3.05) is 26.2 Å². The number of benzene rings is 2. The van der Waals surface area contributed by atoms with Crippen LogP contribution in [0.25, 0.3) is 0 Å². The van der Waals surface area contributed by atoms with Gasteiger partial charge in [0.15, 0.2) is 17.9 Å². The summed E-state index contributed by atoms with van der Waals surface area (Å²) in [5.74, 6) is -0.0521. The van der Waals surface area contributed by atoms with E-state index in [0.29, 0.717) is 31.9 Å². The van der Waals surface area contributed by atoms with Gasteiger partial charge < -0.3 is 19.6 Å². The van der Waals surface area contributed by atoms with Crippen LogP contribution in [-0.2, 0) is 23.3 Å². The molecule has 3 fully saturated rings. The van der Waals surface area contributed by atoms with Gasteiger partial charge in [-0.25, -0.2) is 4.39 Å². The summed E-state index contributed by atoms with van der Waals surface area (Å²) in [6.07, 6.45) is -0.391. The molecule has 2 atom stereocenters. The first-order valence-corrected chi connectivity index (χ1v) is 26.9. The number of aliphatic hydroxyl groups excluding tert-OH is 1. The molecule has 251 valence electrons. The number of likely N-dealkylation sites (tertiary alicyclic amines) is 2. The number of nitrogens with zero attached hydrogens (tertiary/aromatic N) is 4. The minimum atomic E-state index is -1.91. The number of ether oxygens (including phenoxy) is 1. The van der Waals surface area contributed by atoms with Crippen LogP contribution in [0, 0.1) is 50.4 Å². The van der Waals surface area contributed by atoms with Gasteiger partial charge in [0.05, 0.1) is 12.1 Å². The summed E-state index contributed by atoms with van der Waals surface area (Å²) in [6.45, 7) is 9.74. The Hall–Kier alpha value is -1.09. The van der Waals surface area contributed by atoms with E-state index in [4.69, 9.17) is 15.3 Å². The van der Waals surface area contributed by atoms with Crippen LogP contribution in [0.15, 0.2) is 36.4 Å². The molecule has 0 aromatic heterocycles. The number of aryl methyl sites for hydroxylation is 4. The number of carbonyl (C=O) groups excluding carboxylic acids is 2. The van der Waals surface area contributed by atoms with Crippen LogP contribution in [0.3, 0.4) is 0 Å². The van der Waals surface area contributed by atoms with Crippen LogP contribution in [0.5, 0.6) is 0 Å². The first-order valence-electron chi connectivity index (χ1n) is 14.3. The van der Waals surface area contributed by atoms with Crippen LogP contribution in [-0.4, -0.2) is 76.4 Å². The summed E-state index contributed by atoms with van der Waals surface area (Å²) in [6, 6.07) is 15.0. The number of halogens is 5. The molecule has 3 aliphatic heterocycles. The molecule has 14 heteroatoms. The fraction of sp³-hybridized carbons (Fsp3) is 0.500. The average Bonchev–Trinajstić information content (AvgIpc) is 3.71. The molecule has 2 amide bonds. The van der Waals surface area contributed by atoms with Crippen molar-refractivity contribution in [3.63, 3.8) is 0 Å². The van der Waals surface area contributed by atoms with Gasteiger partial charge in [-0.05, 0) is 87.1 Å². The molecule has 0 saturated carbocycles. The second-order valence-corrected chi connectivity index (χ2v) is 27.7. The Morgan fingerprint density at radius 2 is 1.28 bits per heavy atom. The molecular formula is C32H38F2I3N4O4V-. The fourth-order valence-corrected chi connectivity index (χ4v) is 5.40. The number of nitriles is 2. The Labute approximate surface area is 311 Å². The van der Waals surface area contributed by atoms with Gasteiger partial charge >= 0.3 is 50.5 Å². The van der Waals surface area contributed by atoms with Gasteiger partial charge in [-0.3, -0.25) is 14.3 Å². The number of piperidine rings is 2. The van der Waals surface area contributed by atoms with E-state index in [1.165, 1.54) is 5.56 Å². The third-order valence-corrected chi connectivity index (χ3v) is 8.79. The van der Waals surface area contributed by atoms with Gasteiger partial charge in [0.25, 0.3) is 11.8 Å². The first kappa shape index (κ1) is 42.9. The van der Waals surface area contributed by atoms with E-state index >= 15 is 0 Å². The number of hydrogen-bond donors (Lipinski definition) is 1. The molecule has 2 aromatic rings. The maximum Gasteiger partial charge on any atom is 0 e. The Morgan fingerprint density at radius 3 is 1.61 bits per heavy atom. The minimum Gasteiger partial charge on any atom is 0 e. The van der Waals surface area contributed by atoms with E-state index in [1.54, 1.807) is 17.0 Å². The second-order valence-electron chi connectivity index (χ2n) is 11.5. The molecule has 8 nitrogen and oxygen atoms in total. The van der Waals surface area contributed by atoms with Gasteiger partial charge in [-0.1, -0.05) is 12.1 Å². The number of amides is 2. The maximum atomic E-state index is 14.3. The number of epoxide rings is 1. The third-order valence-electron chi connectivity index (χ3n) is 8.79. The van der Waals surface area contributed by atoms with E-state index in [-0.39, 0.29) is 72.7 Å². The summed E-state index contributed by atoms with van der Waals surface area (Å²) < 4.78 is 19.8. The molecule has 1 spiro atoms. The zero-order chi connectivity index (χ0) is 32.7. The van der Waals surface area contributed by atoms with Crippen molar-refractivity contribution in [1.29, 1.82) is 10.5 Å². The van der Waals surface area contributed by atoms with Crippen molar-refractivity contribution in [2.24, 2.45) is 0 Å². The fourth-order valence-electron chi connectivity index (χ4n) is 5.40. The normalized spacial score (nSPS) is 19.3. The Bertz CT molecular complexity index is 1440. The Kier molecular flexibility index (Phi) is 17.9. The van der Waals surface area contributed by atoms with Crippen LogP contribution >= 0.6 is 37.2 Å². The summed E-state index contributed by atoms with van der Waals surface area (Å²) in [7, 11) is 0. The van der Waals surface area contributed by atoms with Crippen molar-refractivity contribution in [1.82, 2.24) is 9.80 Å². The summed E-state index contributed by atoms with van der Waals surface area (Å²) in [5.41, 5.74) is 3.66.